The van der Waals surface area contributed by atoms with Crippen LogP contribution in [-0.2, 0) is 19.3 Å². The fourth-order valence-corrected chi connectivity index (χ4v) is 2.27. The van der Waals surface area contributed by atoms with E-state index in [9.17, 15) is 13.2 Å². The average Bonchev–Trinajstić information content (AvgIpc) is 2.70. The second-order valence-electron chi connectivity index (χ2n) is 6.08. The molecule has 1 aromatic rings. The summed E-state index contributed by atoms with van der Waals surface area (Å²) in [5.74, 6) is -0.539. The van der Waals surface area contributed by atoms with Crippen molar-refractivity contribution in [1.82, 2.24) is 19.7 Å². The van der Waals surface area contributed by atoms with E-state index >= 15 is 0 Å². The number of nitrogens with zero attached hydrogens (tertiary/aromatic N) is 4. The van der Waals surface area contributed by atoms with Gasteiger partial charge in [-0.2, -0.15) is 13.2 Å². The number of nitrogens with two attached hydrogens (primary N) is 1. The predicted octanol–water partition coefficient (Wildman–Crippen LogP) is 1.49. The molecule has 0 saturated heterocycles. The zero-order chi connectivity index (χ0) is 15.1. The molecule has 0 spiro atoms. The molecule has 8 heteroatoms. The van der Waals surface area contributed by atoms with Gasteiger partial charge in [-0.15, -0.1) is 10.2 Å². The second kappa shape index (κ2) is 5.00. The minimum Gasteiger partial charge on any atom is -0.327 e. The largest absolute Gasteiger partial charge is 0.451 e. The van der Waals surface area contributed by atoms with Gasteiger partial charge in [0.25, 0.3) is 0 Å². The van der Waals surface area contributed by atoms with E-state index in [0.29, 0.717) is 18.9 Å². The van der Waals surface area contributed by atoms with Crippen LogP contribution in [0.15, 0.2) is 0 Å². The molecule has 0 amide bonds. The molecule has 0 aliphatic carbocycles. The molecule has 1 aliphatic rings. The number of fused-ring (bicyclic) bond motifs is 1. The molecule has 5 nitrogen and oxygen atoms in total. The molecule has 0 fully saturated rings. The summed E-state index contributed by atoms with van der Waals surface area (Å²) in [5.41, 5.74) is 5.83. The van der Waals surface area contributed by atoms with Gasteiger partial charge in [-0.05, 0) is 12.3 Å². The zero-order valence-corrected chi connectivity index (χ0v) is 11.9. The molecule has 2 heterocycles. The molecule has 0 radical (unpaired) electrons. The van der Waals surface area contributed by atoms with Crippen molar-refractivity contribution in [2.24, 2.45) is 11.1 Å². The van der Waals surface area contributed by atoms with Crippen molar-refractivity contribution in [3.8, 4) is 0 Å². The first-order valence-electron chi connectivity index (χ1n) is 6.58. The van der Waals surface area contributed by atoms with Crippen LogP contribution in [0.5, 0.6) is 0 Å². The molecular weight excluding hydrogens is 271 g/mol. The molecule has 2 N–H and O–H groups in total. The highest BCUT2D eigenvalue weighted by atomic mass is 19.4. The van der Waals surface area contributed by atoms with Crippen molar-refractivity contribution in [3.63, 3.8) is 0 Å². The topological polar surface area (TPSA) is 60.0 Å². The van der Waals surface area contributed by atoms with Crippen LogP contribution in [0.2, 0.25) is 0 Å². The minimum atomic E-state index is -4.45. The van der Waals surface area contributed by atoms with Gasteiger partial charge in [0.15, 0.2) is 0 Å². The van der Waals surface area contributed by atoms with Crippen molar-refractivity contribution in [2.45, 2.75) is 46.1 Å². The number of rotatable bonds is 3. The van der Waals surface area contributed by atoms with Gasteiger partial charge in [0.05, 0.1) is 6.54 Å². The van der Waals surface area contributed by atoms with Crippen molar-refractivity contribution in [3.05, 3.63) is 11.6 Å². The third kappa shape index (κ3) is 2.95. The van der Waals surface area contributed by atoms with Gasteiger partial charge < -0.3 is 10.3 Å². The fourth-order valence-electron chi connectivity index (χ4n) is 2.27. The zero-order valence-electron chi connectivity index (χ0n) is 11.9. The van der Waals surface area contributed by atoms with Gasteiger partial charge in [-0.25, -0.2) is 0 Å². The molecule has 1 atom stereocenters. The Bertz CT molecular complexity index is 478. The Hall–Kier alpha value is -1.15. The van der Waals surface area contributed by atoms with Gasteiger partial charge in [0.1, 0.15) is 5.82 Å². The maximum atomic E-state index is 12.7. The molecule has 114 valence electrons. The lowest BCUT2D eigenvalue weighted by Crippen LogP contribution is -2.46. The number of aromatic nitrogens is 3. The van der Waals surface area contributed by atoms with Crippen molar-refractivity contribution >= 4 is 0 Å². The maximum absolute atomic E-state index is 12.7. The second-order valence-corrected chi connectivity index (χ2v) is 6.08. The van der Waals surface area contributed by atoms with E-state index in [1.807, 2.05) is 6.92 Å². The lowest BCUT2D eigenvalue weighted by molar-refractivity contribution is -0.148. The molecule has 1 aromatic heterocycles. The summed E-state index contributed by atoms with van der Waals surface area (Å²) in [5, 5.41) is 6.94. The maximum Gasteiger partial charge on any atom is 0.451 e. The van der Waals surface area contributed by atoms with Crippen molar-refractivity contribution < 1.29 is 13.2 Å². The van der Waals surface area contributed by atoms with E-state index in [-0.39, 0.29) is 18.0 Å². The monoisotopic (exact) mass is 291 g/mol. The Morgan fingerprint density at radius 3 is 2.45 bits per heavy atom. The third-order valence-electron chi connectivity index (χ3n) is 3.95. The normalized spacial score (nSPS) is 18.9. The highest BCUT2D eigenvalue weighted by molar-refractivity contribution is 5.02. The van der Waals surface area contributed by atoms with E-state index in [0.717, 1.165) is 11.1 Å². The van der Waals surface area contributed by atoms with Gasteiger partial charge >= 0.3 is 6.18 Å². The quantitative estimate of drug-likeness (QED) is 0.916. The van der Waals surface area contributed by atoms with E-state index in [1.54, 1.807) is 0 Å². The summed E-state index contributed by atoms with van der Waals surface area (Å²) < 4.78 is 39.4. The Morgan fingerprint density at radius 2 is 1.90 bits per heavy atom. The van der Waals surface area contributed by atoms with Crippen LogP contribution < -0.4 is 5.73 Å². The third-order valence-corrected chi connectivity index (χ3v) is 3.95. The highest BCUT2D eigenvalue weighted by Crippen LogP contribution is 2.30. The molecule has 0 bridgehead atoms. The Morgan fingerprint density at radius 1 is 1.25 bits per heavy atom. The van der Waals surface area contributed by atoms with E-state index in [2.05, 4.69) is 28.9 Å². The van der Waals surface area contributed by atoms with E-state index in [1.165, 1.54) is 0 Å². The molecule has 2 rings (SSSR count). The lowest BCUT2D eigenvalue weighted by Gasteiger charge is -2.37. The fraction of sp³-hybridized carbons (Fsp3) is 0.833. The summed E-state index contributed by atoms with van der Waals surface area (Å²) in [7, 11) is 0. The highest BCUT2D eigenvalue weighted by Gasteiger charge is 2.40. The number of hydrogen-bond acceptors (Lipinski definition) is 4. The first-order chi connectivity index (χ1) is 9.11. The molecule has 0 saturated carbocycles. The smallest absolute Gasteiger partial charge is 0.327 e. The summed E-state index contributed by atoms with van der Waals surface area (Å²) >= 11 is 0. The predicted molar refractivity (Wildman–Crippen MR) is 67.7 cm³/mol. The van der Waals surface area contributed by atoms with Crippen LogP contribution in [-0.4, -0.2) is 38.8 Å². The van der Waals surface area contributed by atoms with Crippen LogP contribution in [0.4, 0.5) is 13.2 Å². The SMILES string of the molecule is CC(N)C(C)(C)CN1CCn2c(nnc2C(F)(F)F)C1. The van der Waals surface area contributed by atoms with Crippen LogP contribution in [0.1, 0.15) is 32.4 Å². The van der Waals surface area contributed by atoms with E-state index < -0.39 is 12.0 Å². The summed E-state index contributed by atoms with van der Waals surface area (Å²) in [4.78, 5) is 2.08. The minimum absolute atomic E-state index is 0.00744. The summed E-state index contributed by atoms with van der Waals surface area (Å²) in [6.45, 7) is 7.94. The van der Waals surface area contributed by atoms with Gasteiger partial charge in [0.2, 0.25) is 5.82 Å². The molecule has 0 aromatic carbocycles. The van der Waals surface area contributed by atoms with Crippen LogP contribution in [0.25, 0.3) is 0 Å². The molecule has 1 aliphatic heterocycles. The number of hydrogen-bond donors (Lipinski definition) is 1. The van der Waals surface area contributed by atoms with Crippen molar-refractivity contribution in [1.29, 1.82) is 0 Å². The van der Waals surface area contributed by atoms with Gasteiger partial charge in [0, 0.05) is 25.7 Å². The molecular formula is C12H20F3N5. The van der Waals surface area contributed by atoms with Crippen LogP contribution in [0.3, 0.4) is 0 Å². The van der Waals surface area contributed by atoms with Crippen LogP contribution >= 0.6 is 0 Å². The molecule has 1 unspecified atom stereocenters. The van der Waals surface area contributed by atoms with Crippen LogP contribution in [0, 0.1) is 5.41 Å². The summed E-state index contributed by atoms with van der Waals surface area (Å²) in [6.07, 6.45) is -4.45. The van der Waals surface area contributed by atoms with Gasteiger partial charge in [-0.3, -0.25) is 4.90 Å². The lowest BCUT2D eigenvalue weighted by atomic mass is 9.85. The number of alkyl halides is 3. The summed E-state index contributed by atoms with van der Waals surface area (Å²) in [6, 6.07) is 0.00744. The number of halogens is 3. The first kappa shape index (κ1) is 15.2. The van der Waals surface area contributed by atoms with Crippen molar-refractivity contribution in [2.75, 3.05) is 13.1 Å². The van der Waals surface area contributed by atoms with E-state index in [4.69, 9.17) is 5.73 Å². The first-order valence-corrected chi connectivity index (χ1v) is 6.58. The standard InChI is InChI=1S/C12H20F3N5/c1-8(16)11(2,3)7-19-4-5-20-9(6-19)17-18-10(20)12(13,14)15/h8H,4-7,16H2,1-3H3. The Labute approximate surface area is 115 Å². The molecule has 20 heavy (non-hydrogen) atoms. The van der Waals surface area contributed by atoms with Gasteiger partial charge in [-0.1, -0.05) is 13.8 Å². The Kier molecular flexibility index (Phi) is 3.81. The average molecular weight is 291 g/mol. The Balaban J connectivity index is 2.11.